The summed E-state index contributed by atoms with van der Waals surface area (Å²) >= 11 is 0. The van der Waals surface area contributed by atoms with Crippen molar-refractivity contribution < 1.29 is 0 Å². The summed E-state index contributed by atoms with van der Waals surface area (Å²) in [6, 6.07) is 14.9. The molecule has 0 aliphatic heterocycles. The number of aromatic nitrogens is 1. The zero-order chi connectivity index (χ0) is 11.7. The van der Waals surface area contributed by atoms with Gasteiger partial charge >= 0.3 is 0 Å². The topological polar surface area (TPSA) is 38.9 Å². The van der Waals surface area contributed by atoms with Crippen LogP contribution in [0.3, 0.4) is 0 Å². The predicted molar refractivity (Wildman–Crippen MR) is 68.7 cm³/mol. The van der Waals surface area contributed by atoms with E-state index in [1.807, 2.05) is 12.3 Å². The first-order chi connectivity index (χ1) is 8.34. The highest BCUT2D eigenvalue weighted by Gasteiger charge is 2.26. The van der Waals surface area contributed by atoms with E-state index in [9.17, 15) is 0 Å². The average molecular weight is 224 g/mol. The van der Waals surface area contributed by atoms with Gasteiger partial charge < -0.3 is 5.73 Å². The van der Waals surface area contributed by atoms with Gasteiger partial charge in [-0.05, 0) is 36.0 Å². The van der Waals surface area contributed by atoms with Gasteiger partial charge in [0.1, 0.15) is 0 Å². The highest BCUT2D eigenvalue weighted by atomic mass is 14.8. The lowest BCUT2D eigenvalue weighted by molar-refractivity contribution is 0.492. The zero-order valence-corrected chi connectivity index (χ0v) is 9.71. The fourth-order valence-electron chi connectivity index (χ4n) is 2.70. The second-order valence-corrected chi connectivity index (χ2v) is 4.70. The fourth-order valence-corrected chi connectivity index (χ4v) is 2.70. The molecule has 0 saturated heterocycles. The van der Waals surface area contributed by atoms with Crippen LogP contribution in [0, 0.1) is 0 Å². The van der Waals surface area contributed by atoms with Crippen molar-refractivity contribution in [2.24, 2.45) is 5.73 Å². The molecule has 1 heterocycles. The molecule has 0 radical (unpaired) electrons. The third-order valence-electron chi connectivity index (χ3n) is 3.55. The minimum atomic E-state index is 0.0742. The van der Waals surface area contributed by atoms with E-state index in [-0.39, 0.29) is 6.04 Å². The molecular formula is C15H16N2. The van der Waals surface area contributed by atoms with E-state index in [0.717, 1.165) is 18.5 Å². The molecule has 3 rings (SSSR count). The number of nitrogens with two attached hydrogens (primary N) is 1. The maximum absolute atomic E-state index is 6.21. The predicted octanol–water partition coefficient (Wildman–Crippen LogP) is 2.81. The normalized spacial score (nSPS) is 23.1. The summed E-state index contributed by atoms with van der Waals surface area (Å²) in [5.41, 5.74) is 9.99. The molecule has 2 atom stereocenters. The van der Waals surface area contributed by atoms with Crippen LogP contribution in [0.15, 0.2) is 48.7 Å². The second-order valence-electron chi connectivity index (χ2n) is 4.70. The van der Waals surface area contributed by atoms with Gasteiger partial charge in [0, 0.05) is 12.2 Å². The minimum Gasteiger partial charge on any atom is -0.323 e. The smallest absolute Gasteiger partial charge is 0.0603 e. The number of hydrogen-bond donors (Lipinski definition) is 1. The van der Waals surface area contributed by atoms with E-state index < -0.39 is 0 Å². The van der Waals surface area contributed by atoms with Crippen LogP contribution in [-0.2, 0) is 6.42 Å². The lowest BCUT2D eigenvalue weighted by Crippen LogP contribution is -2.24. The van der Waals surface area contributed by atoms with Crippen molar-refractivity contribution in [1.82, 2.24) is 4.98 Å². The summed E-state index contributed by atoms with van der Waals surface area (Å²) in [4.78, 5) is 4.40. The molecule has 0 saturated carbocycles. The fraction of sp³-hybridized carbons (Fsp3) is 0.267. The van der Waals surface area contributed by atoms with Gasteiger partial charge in [-0.1, -0.05) is 36.4 Å². The van der Waals surface area contributed by atoms with Crippen LogP contribution in [0.25, 0.3) is 0 Å². The van der Waals surface area contributed by atoms with Crippen LogP contribution in [0.5, 0.6) is 0 Å². The van der Waals surface area contributed by atoms with E-state index >= 15 is 0 Å². The number of pyridine rings is 1. The summed E-state index contributed by atoms with van der Waals surface area (Å²) in [6.45, 7) is 0. The van der Waals surface area contributed by atoms with Crippen LogP contribution in [-0.4, -0.2) is 4.98 Å². The zero-order valence-electron chi connectivity index (χ0n) is 9.71. The molecule has 2 N–H and O–H groups in total. The monoisotopic (exact) mass is 224 g/mol. The maximum atomic E-state index is 6.21. The van der Waals surface area contributed by atoms with Gasteiger partial charge in [0.15, 0.2) is 0 Å². The Bertz CT molecular complexity index is 507. The molecule has 1 aromatic carbocycles. The Morgan fingerprint density at radius 2 is 1.88 bits per heavy atom. The van der Waals surface area contributed by atoms with Crippen molar-refractivity contribution in [2.75, 3.05) is 0 Å². The van der Waals surface area contributed by atoms with E-state index in [1.54, 1.807) is 0 Å². The summed E-state index contributed by atoms with van der Waals surface area (Å²) in [5.74, 6) is 0.530. The first kappa shape index (κ1) is 10.5. The Morgan fingerprint density at radius 3 is 2.71 bits per heavy atom. The molecule has 0 spiro atoms. The average Bonchev–Trinajstić information content (AvgIpc) is 2.40. The summed E-state index contributed by atoms with van der Waals surface area (Å²) in [7, 11) is 0. The highest BCUT2D eigenvalue weighted by Crippen LogP contribution is 2.35. The van der Waals surface area contributed by atoms with Gasteiger partial charge in [0.05, 0.1) is 5.69 Å². The first-order valence-electron chi connectivity index (χ1n) is 6.09. The highest BCUT2D eigenvalue weighted by molar-refractivity contribution is 5.31. The van der Waals surface area contributed by atoms with Gasteiger partial charge in [0.2, 0.25) is 0 Å². The molecular weight excluding hydrogens is 208 g/mol. The van der Waals surface area contributed by atoms with E-state index in [4.69, 9.17) is 5.73 Å². The third kappa shape index (κ3) is 1.96. The lowest BCUT2D eigenvalue weighted by Gasteiger charge is -2.28. The van der Waals surface area contributed by atoms with Crippen molar-refractivity contribution in [1.29, 1.82) is 0 Å². The van der Waals surface area contributed by atoms with Crippen LogP contribution >= 0.6 is 0 Å². The maximum Gasteiger partial charge on any atom is 0.0603 e. The van der Waals surface area contributed by atoms with Crippen molar-refractivity contribution in [3.8, 4) is 0 Å². The molecule has 17 heavy (non-hydrogen) atoms. The molecule has 0 amide bonds. The molecule has 1 aromatic heterocycles. The van der Waals surface area contributed by atoms with Crippen molar-refractivity contribution in [3.63, 3.8) is 0 Å². The Morgan fingerprint density at radius 1 is 1.06 bits per heavy atom. The SMILES string of the molecule is N[C@H]1C[C@@H](c2ccccc2)Cc2cccnc21. The molecule has 86 valence electrons. The lowest BCUT2D eigenvalue weighted by atomic mass is 9.80. The molecule has 1 aliphatic carbocycles. The molecule has 2 nitrogen and oxygen atoms in total. The number of benzene rings is 1. The van der Waals surface area contributed by atoms with E-state index in [1.165, 1.54) is 11.1 Å². The first-order valence-corrected chi connectivity index (χ1v) is 6.09. The molecule has 1 aliphatic rings. The van der Waals surface area contributed by atoms with Crippen molar-refractivity contribution >= 4 is 0 Å². The largest absolute Gasteiger partial charge is 0.323 e. The summed E-state index contributed by atoms with van der Waals surface area (Å²) in [5, 5.41) is 0. The Hall–Kier alpha value is -1.67. The molecule has 0 unspecified atom stereocenters. The third-order valence-corrected chi connectivity index (χ3v) is 3.55. The van der Waals surface area contributed by atoms with Gasteiger partial charge in [-0.25, -0.2) is 0 Å². The van der Waals surface area contributed by atoms with E-state index in [0.29, 0.717) is 5.92 Å². The van der Waals surface area contributed by atoms with Gasteiger partial charge in [-0.15, -0.1) is 0 Å². The van der Waals surface area contributed by atoms with E-state index in [2.05, 4.69) is 41.4 Å². The minimum absolute atomic E-state index is 0.0742. The Kier molecular flexibility index (Phi) is 2.65. The second kappa shape index (κ2) is 4.30. The van der Waals surface area contributed by atoms with Gasteiger partial charge in [0.25, 0.3) is 0 Å². The quantitative estimate of drug-likeness (QED) is 0.809. The van der Waals surface area contributed by atoms with Crippen LogP contribution in [0.2, 0.25) is 0 Å². The van der Waals surface area contributed by atoms with Gasteiger partial charge in [-0.2, -0.15) is 0 Å². The van der Waals surface area contributed by atoms with Gasteiger partial charge in [-0.3, -0.25) is 4.98 Å². The Labute approximate surface area is 102 Å². The molecule has 2 heteroatoms. The molecule has 0 fully saturated rings. The molecule has 0 bridgehead atoms. The van der Waals surface area contributed by atoms with Crippen LogP contribution in [0.4, 0.5) is 0 Å². The number of nitrogens with zero attached hydrogens (tertiary/aromatic N) is 1. The standard InChI is InChI=1S/C15H16N2/c16-14-10-13(11-5-2-1-3-6-11)9-12-7-4-8-17-15(12)14/h1-8,13-14H,9-10,16H2/t13-,14-/m0/s1. The number of fused-ring (bicyclic) bond motifs is 1. The Balaban J connectivity index is 1.94. The van der Waals surface area contributed by atoms with Crippen LogP contribution in [0.1, 0.15) is 35.2 Å². The summed E-state index contributed by atoms with van der Waals surface area (Å²) in [6.07, 6.45) is 3.89. The van der Waals surface area contributed by atoms with Crippen molar-refractivity contribution in [2.45, 2.75) is 24.8 Å². The molecule has 2 aromatic rings. The van der Waals surface area contributed by atoms with Crippen LogP contribution < -0.4 is 5.73 Å². The van der Waals surface area contributed by atoms with Crippen molar-refractivity contribution in [3.05, 3.63) is 65.5 Å². The number of rotatable bonds is 1. The summed E-state index contributed by atoms with van der Waals surface area (Å²) < 4.78 is 0. The number of hydrogen-bond acceptors (Lipinski definition) is 2.